The van der Waals surface area contributed by atoms with E-state index in [1.807, 2.05) is 0 Å². The molecule has 0 aliphatic carbocycles. The second kappa shape index (κ2) is 2.80. The van der Waals surface area contributed by atoms with Crippen molar-refractivity contribution in [2.45, 2.75) is 0 Å². The van der Waals surface area contributed by atoms with Gasteiger partial charge in [-0.15, -0.1) is 0 Å². The van der Waals surface area contributed by atoms with E-state index in [-0.39, 0.29) is 17.9 Å². The third kappa shape index (κ3) is 1.06. The quantitative estimate of drug-likeness (QED) is 0.730. The first kappa shape index (κ1) is 8.68. The summed E-state index contributed by atoms with van der Waals surface area (Å²) in [6.07, 6.45) is 0. The zero-order valence-electron chi connectivity index (χ0n) is 6.91. The average Bonchev–Trinajstić information content (AvgIpc) is 2.47. The fourth-order valence-corrected chi connectivity index (χ4v) is 1.38. The van der Waals surface area contributed by atoms with E-state index >= 15 is 0 Å². The minimum Gasteiger partial charge on any atom is -0.485 e. The number of ketones is 1. The zero-order chi connectivity index (χ0) is 10.3. The van der Waals surface area contributed by atoms with Gasteiger partial charge in [0.25, 0.3) is 0 Å². The number of rotatable bonds is 1. The zero-order valence-corrected chi connectivity index (χ0v) is 6.91. The lowest BCUT2D eigenvalue weighted by Gasteiger charge is -2.01. The Kier molecular flexibility index (Phi) is 1.73. The number of Topliss-reactive ketones (excluding diaryl/α,β-unsaturated/α-hetero) is 1. The first-order valence-corrected chi connectivity index (χ1v) is 3.83. The number of carbonyl (C=O) groups excluding carboxylic acids is 1. The van der Waals surface area contributed by atoms with E-state index in [1.54, 1.807) is 0 Å². The van der Waals surface area contributed by atoms with E-state index < -0.39 is 23.1 Å². The van der Waals surface area contributed by atoms with Crippen LogP contribution in [0.25, 0.3) is 0 Å². The summed E-state index contributed by atoms with van der Waals surface area (Å²) in [5.41, 5.74) is -0.775. The van der Waals surface area contributed by atoms with Gasteiger partial charge in [0.05, 0.1) is 5.56 Å². The number of ether oxygens (including phenoxy) is 1. The Hall–Kier alpha value is -1.91. The summed E-state index contributed by atoms with van der Waals surface area (Å²) in [4.78, 5) is 21.9. The highest BCUT2D eigenvalue weighted by Crippen LogP contribution is 2.29. The predicted molar refractivity (Wildman–Crippen MR) is 43.2 cm³/mol. The fourth-order valence-electron chi connectivity index (χ4n) is 1.38. The Morgan fingerprint density at radius 3 is 2.86 bits per heavy atom. The minimum atomic E-state index is -1.46. The summed E-state index contributed by atoms with van der Waals surface area (Å²) in [6, 6.07) is 2.23. The van der Waals surface area contributed by atoms with Crippen LogP contribution in [0.3, 0.4) is 0 Å². The van der Waals surface area contributed by atoms with Crippen LogP contribution in [-0.4, -0.2) is 23.5 Å². The molecule has 0 fully saturated rings. The Balaban J connectivity index is 2.74. The number of carbonyl (C=O) groups is 2. The molecule has 72 valence electrons. The van der Waals surface area contributed by atoms with Crippen molar-refractivity contribution in [1.29, 1.82) is 0 Å². The third-order valence-corrected chi connectivity index (χ3v) is 1.97. The van der Waals surface area contributed by atoms with Crippen molar-refractivity contribution in [2.24, 2.45) is 0 Å². The summed E-state index contributed by atoms with van der Waals surface area (Å²) < 4.78 is 18.0. The molecule has 1 aliphatic rings. The van der Waals surface area contributed by atoms with Crippen LogP contribution in [0.4, 0.5) is 4.39 Å². The average molecular weight is 196 g/mol. The predicted octanol–water partition coefficient (Wildman–Crippen LogP) is 1.10. The van der Waals surface area contributed by atoms with E-state index in [1.165, 1.54) is 6.07 Å². The van der Waals surface area contributed by atoms with Gasteiger partial charge >= 0.3 is 5.97 Å². The topological polar surface area (TPSA) is 63.6 Å². The SMILES string of the molecule is O=C(O)c1c(F)ccc2c1C(=O)CO2. The van der Waals surface area contributed by atoms with Gasteiger partial charge in [-0.1, -0.05) is 0 Å². The molecule has 2 rings (SSSR count). The smallest absolute Gasteiger partial charge is 0.339 e. The summed E-state index contributed by atoms with van der Waals surface area (Å²) in [6.45, 7) is -0.223. The van der Waals surface area contributed by atoms with E-state index in [0.717, 1.165) is 6.07 Å². The second-order valence-electron chi connectivity index (χ2n) is 2.81. The van der Waals surface area contributed by atoms with Crippen molar-refractivity contribution in [1.82, 2.24) is 0 Å². The molecule has 1 aromatic rings. The molecule has 0 saturated carbocycles. The largest absolute Gasteiger partial charge is 0.485 e. The van der Waals surface area contributed by atoms with E-state index in [9.17, 15) is 14.0 Å². The minimum absolute atomic E-state index is 0.133. The van der Waals surface area contributed by atoms with Crippen LogP contribution < -0.4 is 4.74 Å². The van der Waals surface area contributed by atoms with Gasteiger partial charge in [-0.05, 0) is 12.1 Å². The molecule has 0 bridgehead atoms. The van der Waals surface area contributed by atoms with Crippen molar-refractivity contribution < 1.29 is 23.8 Å². The number of carboxylic acid groups (broad SMARTS) is 1. The lowest BCUT2D eigenvalue weighted by molar-refractivity contribution is 0.0687. The molecule has 0 unspecified atom stereocenters. The lowest BCUT2D eigenvalue weighted by Crippen LogP contribution is -2.09. The Labute approximate surface area is 77.9 Å². The molecule has 0 amide bonds. The number of aromatic carboxylic acids is 1. The molecular weight excluding hydrogens is 191 g/mol. The van der Waals surface area contributed by atoms with Crippen LogP contribution in [0.1, 0.15) is 20.7 Å². The Morgan fingerprint density at radius 1 is 1.50 bits per heavy atom. The number of benzene rings is 1. The van der Waals surface area contributed by atoms with Gasteiger partial charge < -0.3 is 9.84 Å². The molecule has 0 atom stereocenters. The lowest BCUT2D eigenvalue weighted by atomic mass is 10.0. The molecule has 1 aliphatic heterocycles. The summed E-state index contributed by atoms with van der Waals surface area (Å²) in [5.74, 6) is -2.75. The molecule has 4 nitrogen and oxygen atoms in total. The van der Waals surface area contributed by atoms with Crippen LogP contribution in [0, 0.1) is 5.82 Å². The van der Waals surface area contributed by atoms with Gasteiger partial charge in [0, 0.05) is 0 Å². The van der Waals surface area contributed by atoms with Crippen molar-refractivity contribution in [3.05, 3.63) is 29.1 Å². The number of fused-ring (bicyclic) bond motifs is 1. The monoisotopic (exact) mass is 196 g/mol. The molecule has 1 heterocycles. The molecule has 1 N–H and O–H groups in total. The molecule has 1 aromatic carbocycles. The summed E-state index contributed by atoms with van der Waals surface area (Å²) in [5, 5.41) is 8.70. The third-order valence-electron chi connectivity index (χ3n) is 1.97. The van der Waals surface area contributed by atoms with Crippen LogP contribution in [0.5, 0.6) is 5.75 Å². The normalized spacial score (nSPS) is 13.6. The highest BCUT2D eigenvalue weighted by atomic mass is 19.1. The van der Waals surface area contributed by atoms with Gasteiger partial charge in [0.1, 0.15) is 17.1 Å². The van der Waals surface area contributed by atoms with E-state index in [2.05, 4.69) is 0 Å². The van der Waals surface area contributed by atoms with E-state index in [0.29, 0.717) is 0 Å². The van der Waals surface area contributed by atoms with E-state index in [4.69, 9.17) is 9.84 Å². The number of carboxylic acids is 1. The first-order chi connectivity index (χ1) is 6.61. The van der Waals surface area contributed by atoms with Crippen LogP contribution in [-0.2, 0) is 0 Å². The van der Waals surface area contributed by atoms with Gasteiger partial charge in [0.15, 0.2) is 6.61 Å². The van der Waals surface area contributed by atoms with Crippen LogP contribution in [0.15, 0.2) is 12.1 Å². The molecule has 5 heteroatoms. The maximum Gasteiger partial charge on any atom is 0.339 e. The summed E-state index contributed by atoms with van der Waals surface area (Å²) >= 11 is 0. The Morgan fingerprint density at radius 2 is 2.21 bits per heavy atom. The van der Waals surface area contributed by atoms with Gasteiger partial charge in [-0.2, -0.15) is 0 Å². The maximum absolute atomic E-state index is 13.1. The molecule has 0 aromatic heterocycles. The molecular formula is C9H5FO4. The highest BCUT2D eigenvalue weighted by Gasteiger charge is 2.30. The standard InChI is InChI=1S/C9H5FO4/c10-4-1-2-6-8(5(11)3-14-6)7(4)9(12)13/h1-2H,3H2,(H,12,13). The fraction of sp³-hybridized carbons (Fsp3) is 0.111. The van der Waals surface area contributed by atoms with Gasteiger partial charge in [0.2, 0.25) is 5.78 Å². The highest BCUT2D eigenvalue weighted by molar-refractivity contribution is 6.10. The number of hydrogen-bond donors (Lipinski definition) is 1. The van der Waals surface area contributed by atoms with Crippen molar-refractivity contribution in [3.63, 3.8) is 0 Å². The number of hydrogen-bond acceptors (Lipinski definition) is 3. The first-order valence-electron chi connectivity index (χ1n) is 3.83. The van der Waals surface area contributed by atoms with Gasteiger partial charge in [-0.3, -0.25) is 4.79 Å². The molecule has 0 spiro atoms. The summed E-state index contributed by atoms with van der Waals surface area (Å²) in [7, 11) is 0. The molecule has 0 radical (unpaired) electrons. The molecule has 0 saturated heterocycles. The van der Waals surface area contributed by atoms with Crippen molar-refractivity contribution in [3.8, 4) is 5.75 Å². The van der Waals surface area contributed by atoms with Crippen LogP contribution >= 0.6 is 0 Å². The Bertz CT molecular complexity index is 439. The van der Waals surface area contributed by atoms with Crippen molar-refractivity contribution in [2.75, 3.05) is 6.61 Å². The van der Waals surface area contributed by atoms with Crippen molar-refractivity contribution >= 4 is 11.8 Å². The second-order valence-corrected chi connectivity index (χ2v) is 2.81. The maximum atomic E-state index is 13.1. The molecule has 14 heavy (non-hydrogen) atoms. The van der Waals surface area contributed by atoms with Crippen LogP contribution in [0.2, 0.25) is 0 Å². The van der Waals surface area contributed by atoms with Gasteiger partial charge in [-0.25, -0.2) is 9.18 Å². The number of halogens is 1.